The monoisotopic (exact) mass is 323 g/mol. The first kappa shape index (κ1) is 16.4. The topological polar surface area (TPSA) is 43.8 Å². The van der Waals surface area contributed by atoms with Crippen molar-refractivity contribution in [2.45, 2.75) is 58.2 Å². The van der Waals surface area contributed by atoms with E-state index in [1.165, 1.54) is 0 Å². The average molecular weight is 324 g/mol. The van der Waals surface area contributed by atoms with Crippen LogP contribution in [-0.4, -0.2) is 17.5 Å². The van der Waals surface area contributed by atoms with Gasteiger partial charge in [0.25, 0.3) is 0 Å². The normalized spacial score (nSPS) is 13.0. The van der Waals surface area contributed by atoms with Crippen molar-refractivity contribution in [2.24, 2.45) is 0 Å². The summed E-state index contributed by atoms with van der Waals surface area (Å²) in [4.78, 5) is 4.60. The lowest BCUT2D eigenvalue weighted by Gasteiger charge is -2.44. The molecule has 0 unspecified atom stereocenters. The lowest BCUT2D eigenvalue weighted by atomic mass is 10.3. The summed E-state index contributed by atoms with van der Waals surface area (Å²) in [6.45, 7) is 14.1. The number of hydrogen-bond donors (Lipinski definition) is 1. The van der Waals surface area contributed by atoms with Crippen molar-refractivity contribution in [3.05, 3.63) is 23.5 Å². The molecule has 2 rings (SSSR count). The number of rotatable bonds is 4. The molecule has 0 aliphatic heterocycles. The van der Waals surface area contributed by atoms with Crippen LogP contribution in [0.4, 0.5) is 5.69 Å². The fourth-order valence-electron chi connectivity index (χ4n) is 4.22. The molecule has 0 amide bonds. The second-order valence-electron chi connectivity index (χ2n) is 6.80. The Balaban J connectivity index is 2.81. The van der Waals surface area contributed by atoms with Gasteiger partial charge in [0.15, 0.2) is 8.24 Å². The number of fused-ring (bicyclic) bond motifs is 1. The van der Waals surface area contributed by atoms with Crippen LogP contribution in [0.15, 0.2) is 18.5 Å². The van der Waals surface area contributed by atoms with Gasteiger partial charge in [0.1, 0.15) is 5.65 Å². The van der Waals surface area contributed by atoms with Crippen LogP contribution in [0, 0.1) is 0 Å². The number of halogens is 1. The molecule has 3 nitrogen and oxygen atoms in total. The van der Waals surface area contributed by atoms with Crippen LogP contribution in [0.1, 0.15) is 41.5 Å². The number of pyridine rings is 1. The molecule has 0 atom stereocenters. The quantitative estimate of drug-likeness (QED) is 0.776. The third kappa shape index (κ3) is 2.29. The van der Waals surface area contributed by atoms with Gasteiger partial charge in [-0.2, -0.15) is 0 Å². The molecule has 5 heteroatoms. The molecule has 0 fully saturated rings. The molecule has 116 valence electrons. The van der Waals surface area contributed by atoms with E-state index >= 15 is 0 Å². The second kappa shape index (κ2) is 5.65. The lowest BCUT2D eigenvalue weighted by molar-refractivity contribution is 0.770. The first-order valence-corrected chi connectivity index (χ1v) is 10.2. The number of aromatic nitrogens is 2. The zero-order chi connectivity index (χ0) is 15.9. The molecule has 0 saturated carbocycles. The van der Waals surface area contributed by atoms with Crippen molar-refractivity contribution < 1.29 is 0 Å². The van der Waals surface area contributed by atoms with E-state index in [2.05, 4.69) is 63.0 Å². The highest BCUT2D eigenvalue weighted by Gasteiger charge is 2.46. The molecule has 2 heterocycles. The Bertz CT molecular complexity index is 624. The van der Waals surface area contributed by atoms with Crippen LogP contribution in [0.5, 0.6) is 0 Å². The third-order valence-electron chi connectivity index (χ3n) is 4.87. The van der Waals surface area contributed by atoms with E-state index in [0.29, 0.717) is 27.3 Å². The van der Waals surface area contributed by atoms with Crippen LogP contribution in [0.3, 0.4) is 0 Å². The van der Waals surface area contributed by atoms with E-state index in [4.69, 9.17) is 17.3 Å². The van der Waals surface area contributed by atoms with Crippen LogP contribution in [-0.2, 0) is 0 Å². The SMILES string of the molecule is CC(C)[Si](C(C)C)(C(C)C)n1ccc2c(Cl)c(N)cnc21. The Morgan fingerprint density at radius 3 is 2.10 bits per heavy atom. The van der Waals surface area contributed by atoms with Gasteiger partial charge < -0.3 is 9.97 Å². The van der Waals surface area contributed by atoms with Crippen LogP contribution in [0.25, 0.3) is 11.0 Å². The van der Waals surface area contributed by atoms with Gasteiger partial charge in [-0.25, -0.2) is 4.98 Å². The van der Waals surface area contributed by atoms with Gasteiger partial charge >= 0.3 is 0 Å². The number of nitrogen functional groups attached to an aromatic ring is 1. The highest BCUT2D eigenvalue weighted by molar-refractivity contribution is 6.82. The summed E-state index contributed by atoms with van der Waals surface area (Å²) in [5.41, 5.74) is 9.27. The van der Waals surface area contributed by atoms with Crippen molar-refractivity contribution in [3.8, 4) is 0 Å². The maximum atomic E-state index is 6.37. The first-order chi connectivity index (χ1) is 9.74. The molecule has 0 spiro atoms. The van der Waals surface area contributed by atoms with Gasteiger partial charge in [-0.3, -0.25) is 0 Å². The maximum absolute atomic E-state index is 6.37. The highest BCUT2D eigenvalue weighted by Crippen LogP contribution is 2.44. The minimum absolute atomic E-state index is 0.549. The van der Waals surface area contributed by atoms with E-state index in [9.17, 15) is 0 Å². The molecule has 0 saturated heterocycles. The molecule has 0 aromatic carbocycles. The summed E-state index contributed by atoms with van der Waals surface area (Å²) < 4.78 is 2.45. The van der Waals surface area contributed by atoms with Crippen LogP contribution >= 0.6 is 11.6 Å². The Labute approximate surface area is 133 Å². The highest BCUT2D eigenvalue weighted by atomic mass is 35.5. The molecule has 21 heavy (non-hydrogen) atoms. The Morgan fingerprint density at radius 1 is 1.10 bits per heavy atom. The van der Waals surface area contributed by atoms with E-state index < -0.39 is 8.24 Å². The van der Waals surface area contributed by atoms with E-state index in [0.717, 1.165) is 11.0 Å². The van der Waals surface area contributed by atoms with Gasteiger partial charge in [0.2, 0.25) is 0 Å². The zero-order valence-electron chi connectivity index (χ0n) is 13.8. The van der Waals surface area contributed by atoms with Crippen LogP contribution < -0.4 is 5.73 Å². The number of hydrogen-bond acceptors (Lipinski definition) is 2. The second-order valence-corrected chi connectivity index (χ2v) is 12.9. The fraction of sp³-hybridized carbons (Fsp3) is 0.562. The summed E-state index contributed by atoms with van der Waals surface area (Å²) in [5, 5.41) is 1.59. The fourth-order valence-corrected chi connectivity index (χ4v) is 11.0. The first-order valence-electron chi connectivity index (χ1n) is 7.66. The van der Waals surface area contributed by atoms with Crippen molar-refractivity contribution in [2.75, 3.05) is 5.73 Å². The summed E-state index contributed by atoms with van der Waals surface area (Å²) >= 11 is 6.37. The summed E-state index contributed by atoms with van der Waals surface area (Å²) in [6.07, 6.45) is 3.86. The lowest BCUT2D eigenvalue weighted by Crippen LogP contribution is -2.51. The third-order valence-corrected chi connectivity index (χ3v) is 12.0. The Kier molecular flexibility index (Phi) is 4.40. The largest absolute Gasteiger partial charge is 0.396 e. The molecule has 0 aliphatic carbocycles. The van der Waals surface area contributed by atoms with Crippen LogP contribution in [0.2, 0.25) is 21.6 Å². The van der Waals surface area contributed by atoms with Crippen molar-refractivity contribution in [3.63, 3.8) is 0 Å². The minimum atomic E-state index is -1.80. The number of nitrogens with two attached hydrogens (primary N) is 1. The molecule has 0 bridgehead atoms. The molecule has 2 N–H and O–H groups in total. The van der Waals surface area contributed by atoms with Crippen molar-refractivity contribution >= 4 is 36.6 Å². The smallest absolute Gasteiger partial charge is 0.171 e. The van der Waals surface area contributed by atoms with E-state index in [1.807, 2.05) is 0 Å². The number of nitrogens with zero attached hydrogens (tertiary/aromatic N) is 2. The predicted octanol–water partition coefficient (Wildman–Crippen LogP) is 5.30. The predicted molar refractivity (Wildman–Crippen MR) is 95.6 cm³/mol. The number of anilines is 1. The summed E-state index contributed by atoms with van der Waals surface area (Å²) in [6, 6.07) is 2.07. The Hall–Kier alpha value is -1.00. The molecular formula is C16H26ClN3Si. The molecule has 2 aromatic heterocycles. The standard InChI is InChI=1S/C16H26ClN3Si/c1-10(2)21(11(3)4,12(5)6)20-8-7-13-15(17)14(18)9-19-16(13)20/h7-12H,18H2,1-6H3. The average Bonchev–Trinajstić information content (AvgIpc) is 2.78. The van der Waals surface area contributed by atoms with Gasteiger partial charge in [0, 0.05) is 5.39 Å². The molecular weight excluding hydrogens is 298 g/mol. The summed E-state index contributed by atoms with van der Waals surface area (Å²) in [5.74, 6) is 0. The zero-order valence-corrected chi connectivity index (χ0v) is 15.6. The Morgan fingerprint density at radius 2 is 1.62 bits per heavy atom. The van der Waals surface area contributed by atoms with Gasteiger partial charge in [-0.05, 0) is 28.9 Å². The van der Waals surface area contributed by atoms with E-state index in [1.54, 1.807) is 6.20 Å². The van der Waals surface area contributed by atoms with Crippen molar-refractivity contribution in [1.29, 1.82) is 0 Å². The molecule has 0 radical (unpaired) electrons. The maximum Gasteiger partial charge on any atom is 0.171 e. The van der Waals surface area contributed by atoms with Crippen molar-refractivity contribution in [1.82, 2.24) is 9.22 Å². The summed E-state index contributed by atoms with van der Waals surface area (Å²) in [7, 11) is -1.80. The van der Waals surface area contributed by atoms with Gasteiger partial charge in [-0.15, -0.1) is 0 Å². The van der Waals surface area contributed by atoms with Gasteiger partial charge in [0.05, 0.1) is 16.9 Å². The molecule has 2 aromatic rings. The van der Waals surface area contributed by atoms with E-state index in [-0.39, 0.29) is 0 Å². The van der Waals surface area contributed by atoms with Gasteiger partial charge in [-0.1, -0.05) is 53.1 Å². The molecule has 0 aliphatic rings. The minimum Gasteiger partial charge on any atom is -0.396 e.